The van der Waals surface area contributed by atoms with Crippen LogP contribution in [0.5, 0.6) is 0 Å². The molecule has 2 aliphatic rings. The van der Waals surface area contributed by atoms with Crippen LogP contribution < -0.4 is 16.0 Å². The Morgan fingerprint density at radius 2 is 1.71 bits per heavy atom. The lowest BCUT2D eigenvalue weighted by Gasteiger charge is -2.36. The molecule has 1 amide bonds. The first-order valence-corrected chi connectivity index (χ1v) is 9.59. The zero-order valence-corrected chi connectivity index (χ0v) is 15.6. The van der Waals surface area contributed by atoms with Crippen LogP contribution in [0.3, 0.4) is 0 Å². The first-order valence-electron chi connectivity index (χ1n) is 9.59. The lowest BCUT2D eigenvalue weighted by Crippen LogP contribution is -2.51. The summed E-state index contributed by atoms with van der Waals surface area (Å²) in [5, 5.41) is 9.73. The lowest BCUT2D eigenvalue weighted by molar-refractivity contribution is -0.123. The number of aliphatic imine (C=N–C) groups is 1. The van der Waals surface area contributed by atoms with Crippen molar-refractivity contribution in [3.8, 4) is 0 Å². The fraction of sp³-hybridized carbons (Fsp3) is 0.889. The number of carbonyl (C=O) groups is 1. The highest BCUT2D eigenvalue weighted by molar-refractivity contribution is 5.80. The molecule has 138 valence electrons. The molecule has 24 heavy (non-hydrogen) atoms. The van der Waals surface area contributed by atoms with Crippen LogP contribution in [0, 0.1) is 5.92 Å². The van der Waals surface area contributed by atoms with E-state index in [1.807, 2.05) is 13.8 Å². The summed E-state index contributed by atoms with van der Waals surface area (Å²) in [6, 6.07) is 1.34. The SMILES string of the molecule is CN=C(NCCNC(=O)C(C)C)NC1CCN(C2CCCC2)CC1. The van der Waals surface area contributed by atoms with Crippen molar-refractivity contribution in [1.29, 1.82) is 0 Å². The second-order valence-corrected chi connectivity index (χ2v) is 7.34. The Labute approximate surface area is 146 Å². The van der Waals surface area contributed by atoms with Gasteiger partial charge in [-0.2, -0.15) is 0 Å². The van der Waals surface area contributed by atoms with Gasteiger partial charge in [0.25, 0.3) is 0 Å². The average molecular weight is 338 g/mol. The normalized spacial score (nSPS) is 21.2. The van der Waals surface area contributed by atoms with Crippen LogP contribution >= 0.6 is 0 Å². The molecule has 2 fully saturated rings. The zero-order valence-electron chi connectivity index (χ0n) is 15.6. The number of amides is 1. The summed E-state index contributed by atoms with van der Waals surface area (Å²) in [6.45, 7) is 7.52. The van der Waals surface area contributed by atoms with Crippen LogP contribution in [-0.2, 0) is 4.79 Å². The van der Waals surface area contributed by atoms with Crippen LogP contribution in [0.4, 0.5) is 0 Å². The van der Waals surface area contributed by atoms with Gasteiger partial charge in [0.15, 0.2) is 5.96 Å². The van der Waals surface area contributed by atoms with Crippen molar-refractivity contribution in [3.63, 3.8) is 0 Å². The highest BCUT2D eigenvalue weighted by Crippen LogP contribution is 2.26. The molecular formula is C18H35N5O. The van der Waals surface area contributed by atoms with E-state index in [0.29, 0.717) is 19.1 Å². The van der Waals surface area contributed by atoms with E-state index >= 15 is 0 Å². The van der Waals surface area contributed by atoms with Gasteiger partial charge in [0.1, 0.15) is 0 Å². The van der Waals surface area contributed by atoms with Gasteiger partial charge in [0, 0.05) is 51.2 Å². The Bertz CT molecular complexity index is 410. The Morgan fingerprint density at radius 3 is 2.29 bits per heavy atom. The minimum absolute atomic E-state index is 0.0347. The fourth-order valence-electron chi connectivity index (χ4n) is 3.64. The second-order valence-electron chi connectivity index (χ2n) is 7.34. The topological polar surface area (TPSA) is 68.8 Å². The van der Waals surface area contributed by atoms with Gasteiger partial charge in [0.2, 0.25) is 5.91 Å². The van der Waals surface area contributed by atoms with Crippen molar-refractivity contribution in [2.75, 3.05) is 33.2 Å². The van der Waals surface area contributed by atoms with Gasteiger partial charge in [-0.15, -0.1) is 0 Å². The van der Waals surface area contributed by atoms with Gasteiger partial charge in [-0.05, 0) is 25.7 Å². The molecule has 0 aromatic heterocycles. The smallest absolute Gasteiger partial charge is 0.222 e. The minimum Gasteiger partial charge on any atom is -0.355 e. The van der Waals surface area contributed by atoms with Crippen molar-refractivity contribution in [1.82, 2.24) is 20.9 Å². The molecule has 0 bridgehead atoms. The summed E-state index contributed by atoms with van der Waals surface area (Å²) in [7, 11) is 1.80. The number of hydrogen-bond acceptors (Lipinski definition) is 3. The van der Waals surface area contributed by atoms with Crippen LogP contribution in [0.1, 0.15) is 52.4 Å². The molecule has 6 nitrogen and oxygen atoms in total. The number of carbonyl (C=O) groups excluding carboxylic acids is 1. The summed E-state index contributed by atoms with van der Waals surface area (Å²) in [5.74, 6) is 0.972. The molecule has 0 atom stereocenters. The molecule has 1 aliphatic heterocycles. The van der Waals surface area contributed by atoms with Crippen LogP contribution in [-0.4, -0.2) is 62.1 Å². The zero-order chi connectivity index (χ0) is 17.4. The maximum atomic E-state index is 11.5. The Hall–Kier alpha value is -1.30. The molecule has 2 rings (SSSR count). The highest BCUT2D eigenvalue weighted by Gasteiger charge is 2.27. The van der Waals surface area contributed by atoms with Gasteiger partial charge < -0.3 is 20.9 Å². The van der Waals surface area contributed by atoms with Crippen molar-refractivity contribution < 1.29 is 4.79 Å². The van der Waals surface area contributed by atoms with Crippen LogP contribution in [0.15, 0.2) is 4.99 Å². The van der Waals surface area contributed by atoms with Crippen molar-refractivity contribution in [2.45, 2.75) is 64.5 Å². The number of nitrogens with zero attached hydrogens (tertiary/aromatic N) is 2. The van der Waals surface area contributed by atoms with E-state index in [9.17, 15) is 4.79 Å². The molecule has 0 aromatic carbocycles. The molecule has 1 aliphatic carbocycles. The molecule has 0 unspecified atom stereocenters. The van der Waals surface area contributed by atoms with Crippen molar-refractivity contribution in [3.05, 3.63) is 0 Å². The van der Waals surface area contributed by atoms with E-state index in [0.717, 1.165) is 12.0 Å². The summed E-state index contributed by atoms with van der Waals surface area (Å²) in [6.07, 6.45) is 7.97. The lowest BCUT2D eigenvalue weighted by atomic mass is 10.0. The Kier molecular flexibility index (Phi) is 7.82. The number of hydrogen-bond donors (Lipinski definition) is 3. The van der Waals surface area contributed by atoms with E-state index in [2.05, 4.69) is 25.8 Å². The third-order valence-corrected chi connectivity index (χ3v) is 5.18. The largest absolute Gasteiger partial charge is 0.355 e. The molecule has 1 heterocycles. The number of rotatable bonds is 6. The quantitative estimate of drug-likeness (QED) is 0.389. The van der Waals surface area contributed by atoms with Gasteiger partial charge >= 0.3 is 0 Å². The van der Waals surface area contributed by atoms with E-state index in [1.54, 1.807) is 7.05 Å². The van der Waals surface area contributed by atoms with Gasteiger partial charge in [0.05, 0.1) is 0 Å². The predicted molar refractivity (Wildman–Crippen MR) is 99.2 cm³/mol. The summed E-state index contributed by atoms with van der Waals surface area (Å²) in [5.41, 5.74) is 0. The molecule has 0 aromatic rings. The summed E-state index contributed by atoms with van der Waals surface area (Å²) in [4.78, 5) is 18.5. The van der Waals surface area contributed by atoms with Gasteiger partial charge in [-0.1, -0.05) is 26.7 Å². The standard InChI is InChI=1S/C18H35N5O/c1-14(2)17(24)20-10-11-21-18(19-3)22-15-8-12-23(13-9-15)16-6-4-5-7-16/h14-16H,4-13H2,1-3H3,(H,20,24)(H2,19,21,22). The second kappa shape index (κ2) is 9.87. The van der Waals surface area contributed by atoms with E-state index in [4.69, 9.17) is 0 Å². The summed E-state index contributed by atoms with van der Waals surface area (Å²) < 4.78 is 0. The molecule has 1 saturated heterocycles. The maximum absolute atomic E-state index is 11.5. The third-order valence-electron chi connectivity index (χ3n) is 5.18. The maximum Gasteiger partial charge on any atom is 0.222 e. The van der Waals surface area contributed by atoms with E-state index < -0.39 is 0 Å². The monoisotopic (exact) mass is 337 g/mol. The highest BCUT2D eigenvalue weighted by atomic mass is 16.1. The first kappa shape index (κ1) is 19.0. The fourth-order valence-corrected chi connectivity index (χ4v) is 3.64. The van der Waals surface area contributed by atoms with Crippen LogP contribution in [0.25, 0.3) is 0 Å². The van der Waals surface area contributed by atoms with Gasteiger partial charge in [-0.25, -0.2) is 0 Å². The molecule has 3 N–H and O–H groups in total. The molecule has 0 radical (unpaired) electrons. The predicted octanol–water partition coefficient (Wildman–Crippen LogP) is 1.33. The third kappa shape index (κ3) is 5.96. The molecular weight excluding hydrogens is 302 g/mol. The van der Waals surface area contributed by atoms with E-state index in [-0.39, 0.29) is 11.8 Å². The van der Waals surface area contributed by atoms with Crippen molar-refractivity contribution >= 4 is 11.9 Å². The molecule has 6 heteroatoms. The summed E-state index contributed by atoms with van der Waals surface area (Å²) >= 11 is 0. The molecule has 1 saturated carbocycles. The average Bonchev–Trinajstić information content (AvgIpc) is 3.12. The van der Waals surface area contributed by atoms with E-state index in [1.165, 1.54) is 51.6 Å². The molecule has 0 spiro atoms. The number of likely N-dealkylation sites (tertiary alicyclic amines) is 1. The Morgan fingerprint density at radius 1 is 1.08 bits per heavy atom. The number of nitrogens with one attached hydrogen (secondary N) is 3. The van der Waals surface area contributed by atoms with Gasteiger partial charge in [-0.3, -0.25) is 9.79 Å². The Balaban J connectivity index is 1.62. The minimum atomic E-state index is 0.0347. The number of guanidine groups is 1. The van der Waals surface area contributed by atoms with Crippen molar-refractivity contribution in [2.24, 2.45) is 10.9 Å². The first-order chi connectivity index (χ1) is 11.6. The number of piperidine rings is 1. The van der Waals surface area contributed by atoms with Crippen LogP contribution in [0.2, 0.25) is 0 Å².